The normalized spacial score (nSPS) is 12.5. The zero-order valence-corrected chi connectivity index (χ0v) is 13.0. The van der Waals surface area contributed by atoms with E-state index in [1.54, 1.807) is 6.07 Å². The molecule has 1 heterocycles. The minimum absolute atomic E-state index is 0.00405. The van der Waals surface area contributed by atoms with E-state index < -0.39 is 0 Å². The molecule has 0 radical (unpaired) electrons. The number of benzene rings is 1. The van der Waals surface area contributed by atoms with Crippen molar-refractivity contribution >= 4 is 21.6 Å². The second kappa shape index (κ2) is 5.33. The van der Waals surface area contributed by atoms with Crippen molar-refractivity contribution in [1.82, 2.24) is 9.78 Å². The minimum atomic E-state index is -0.263. The molecule has 102 valence electrons. The van der Waals surface area contributed by atoms with Gasteiger partial charge >= 0.3 is 0 Å². The molecule has 19 heavy (non-hydrogen) atoms. The van der Waals surface area contributed by atoms with E-state index in [4.69, 9.17) is 0 Å². The Morgan fingerprint density at radius 3 is 2.58 bits per heavy atom. The van der Waals surface area contributed by atoms with Crippen LogP contribution >= 0.6 is 15.9 Å². The Labute approximate surface area is 121 Å². The summed E-state index contributed by atoms with van der Waals surface area (Å²) in [6, 6.07) is 5.01. The van der Waals surface area contributed by atoms with E-state index in [2.05, 4.69) is 26.3 Å². The van der Waals surface area contributed by atoms with Crippen molar-refractivity contribution in [3.63, 3.8) is 0 Å². The Balaban J connectivity index is 2.28. The third-order valence-corrected chi connectivity index (χ3v) is 3.79. The standard InChI is InChI=1S/C14H17BrFN3/c1-8(14-9(2)18-19(4)10(14)3)17-13-6-5-11(15)7-12(13)16/h5-8,17H,1-4H3. The van der Waals surface area contributed by atoms with Crippen molar-refractivity contribution < 1.29 is 4.39 Å². The van der Waals surface area contributed by atoms with E-state index in [9.17, 15) is 4.39 Å². The van der Waals surface area contributed by atoms with Gasteiger partial charge < -0.3 is 5.32 Å². The van der Waals surface area contributed by atoms with E-state index in [0.29, 0.717) is 5.69 Å². The Kier molecular flexibility index (Phi) is 3.94. The van der Waals surface area contributed by atoms with Gasteiger partial charge in [-0.2, -0.15) is 5.10 Å². The summed E-state index contributed by atoms with van der Waals surface area (Å²) in [6.07, 6.45) is 0. The summed E-state index contributed by atoms with van der Waals surface area (Å²) in [7, 11) is 1.92. The third kappa shape index (κ3) is 2.81. The fraction of sp³-hybridized carbons (Fsp3) is 0.357. The van der Waals surface area contributed by atoms with Gasteiger partial charge in [0.25, 0.3) is 0 Å². The van der Waals surface area contributed by atoms with Gasteiger partial charge in [0.15, 0.2) is 0 Å². The molecule has 2 aromatic rings. The van der Waals surface area contributed by atoms with E-state index >= 15 is 0 Å². The maximum atomic E-state index is 13.8. The number of anilines is 1. The number of halogens is 2. The predicted octanol–water partition coefficient (Wildman–Crippen LogP) is 4.11. The van der Waals surface area contributed by atoms with Crippen LogP contribution in [0.1, 0.15) is 29.9 Å². The maximum Gasteiger partial charge on any atom is 0.147 e. The number of nitrogens with one attached hydrogen (secondary N) is 1. The molecule has 0 aliphatic carbocycles. The van der Waals surface area contributed by atoms with Crippen LogP contribution in [-0.2, 0) is 7.05 Å². The van der Waals surface area contributed by atoms with Gasteiger partial charge in [-0.3, -0.25) is 4.68 Å². The van der Waals surface area contributed by atoms with Crippen molar-refractivity contribution in [2.24, 2.45) is 7.05 Å². The highest BCUT2D eigenvalue weighted by atomic mass is 79.9. The van der Waals surface area contributed by atoms with Crippen LogP contribution in [0.15, 0.2) is 22.7 Å². The fourth-order valence-electron chi connectivity index (χ4n) is 2.33. The molecule has 5 heteroatoms. The summed E-state index contributed by atoms with van der Waals surface area (Å²) < 4.78 is 16.4. The van der Waals surface area contributed by atoms with Crippen LogP contribution < -0.4 is 5.32 Å². The van der Waals surface area contributed by atoms with Gasteiger partial charge in [0.1, 0.15) is 5.82 Å². The molecule has 1 unspecified atom stereocenters. The van der Waals surface area contributed by atoms with E-state index in [1.165, 1.54) is 6.07 Å². The lowest BCUT2D eigenvalue weighted by Crippen LogP contribution is -2.10. The molecule has 0 saturated heterocycles. The van der Waals surface area contributed by atoms with Crippen molar-refractivity contribution in [2.75, 3.05) is 5.32 Å². The molecule has 3 nitrogen and oxygen atoms in total. The predicted molar refractivity (Wildman–Crippen MR) is 78.8 cm³/mol. The lowest BCUT2D eigenvalue weighted by molar-refractivity contribution is 0.626. The Morgan fingerprint density at radius 1 is 1.37 bits per heavy atom. The van der Waals surface area contributed by atoms with E-state index in [1.807, 2.05) is 38.6 Å². The van der Waals surface area contributed by atoms with Crippen molar-refractivity contribution in [2.45, 2.75) is 26.8 Å². The SMILES string of the molecule is Cc1nn(C)c(C)c1C(C)Nc1ccc(Br)cc1F. The first-order valence-corrected chi connectivity index (χ1v) is 6.91. The van der Waals surface area contributed by atoms with Gasteiger partial charge in [0.2, 0.25) is 0 Å². The monoisotopic (exact) mass is 325 g/mol. The number of hydrogen-bond donors (Lipinski definition) is 1. The van der Waals surface area contributed by atoms with Crippen molar-refractivity contribution in [3.8, 4) is 0 Å². The van der Waals surface area contributed by atoms with E-state index in [0.717, 1.165) is 21.4 Å². The second-order valence-corrected chi connectivity index (χ2v) is 5.61. The number of aromatic nitrogens is 2. The number of hydrogen-bond acceptors (Lipinski definition) is 2. The Morgan fingerprint density at radius 2 is 2.05 bits per heavy atom. The average Bonchev–Trinajstić information content (AvgIpc) is 2.57. The first-order chi connectivity index (χ1) is 8.90. The molecular weight excluding hydrogens is 309 g/mol. The van der Waals surface area contributed by atoms with Gasteiger partial charge in [-0.25, -0.2) is 4.39 Å². The van der Waals surface area contributed by atoms with Gasteiger partial charge in [0, 0.05) is 22.8 Å². The van der Waals surface area contributed by atoms with E-state index in [-0.39, 0.29) is 11.9 Å². The average molecular weight is 326 g/mol. The molecule has 1 atom stereocenters. The highest BCUT2D eigenvalue weighted by molar-refractivity contribution is 9.10. The number of aryl methyl sites for hydroxylation is 2. The number of rotatable bonds is 3. The van der Waals surface area contributed by atoms with Crippen LogP contribution in [0.4, 0.5) is 10.1 Å². The molecule has 0 spiro atoms. The van der Waals surface area contributed by atoms with Crippen LogP contribution in [0.25, 0.3) is 0 Å². The molecule has 1 N–H and O–H groups in total. The van der Waals surface area contributed by atoms with Crippen LogP contribution in [-0.4, -0.2) is 9.78 Å². The zero-order chi connectivity index (χ0) is 14.2. The molecule has 0 fully saturated rings. The summed E-state index contributed by atoms with van der Waals surface area (Å²) >= 11 is 3.25. The summed E-state index contributed by atoms with van der Waals surface area (Å²) in [5.41, 5.74) is 3.68. The molecule has 0 aliphatic heterocycles. The Bertz CT molecular complexity index is 607. The summed E-state index contributed by atoms with van der Waals surface area (Å²) in [4.78, 5) is 0. The highest BCUT2D eigenvalue weighted by Gasteiger charge is 2.17. The molecular formula is C14H17BrFN3. The first kappa shape index (κ1) is 14.1. The van der Waals surface area contributed by atoms with Crippen molar-refractivity contribution in [3.05, 3.63) is 45.4 Å². The van der Waals surface area contributed by atoms with Crippen LogP contribution in [0.5, 0.6) is 0 Å². The van der Waals surface area contributed by atoms with Crippen LogP contribution in [0, 0.1) is 19.7 Å². The molecule has 0 aliphatic rings. The Hall–Kier alpha value is -1.36. The molecule has 0 saturated carbocycles. The van der Waals surface area contributed by atoms with Gasteiger partial charge in [-0.05, 0) is 39.0 Å². The zero-order valence-electron chi connectivity index (χ0n) is 11.5. The minimum Gasteiger partial charge on any atom is -0.376 e. The summed E-state index contributed by atoms with van der Waals surface area (Å²) in [5, 5.41) is 7.58. The third-order valence-electron chi connectivity index (χ3n) is 3.30. The summed E-state index contributed by atoms with van der Waals surface area (Å²) in [6.45, 7) is 6.00. The summed E-state index contributed by atoms with van der Waals surface area (Å²) in [5.74, 6) is -0.263. The first-order valence-electron chi connectivity index (χ1n) is 6.12. The molecule has 1 aromatic carbocycles. The van der Waals surface area contributed by atoms with Crippen molar-refractivity contribution in [1.29, 1.82) is 0 Å². The largest absolute Gasteiger partial charge is 0.376 e. The molecule has 1 aromatic heterocycles. The molecule has 0 bridgehead atoms. The maximum absolute atomic E-state index is 13.8. The van der Waals surface area contributed by atoms with Crippen LogP contribution in [0.3, 0.4) is 0 Å². The quantitative estimate of drug-likeness (QED) is 0.920. The van der Waals surface area contributed by atoms with Gasteiger partial charge in [0.05, 0.1) is 17.4 Å². The molecule has 0 amide bonds. The lowest BCUT2D eigenvalue weighted by Gasteiger charge is -2.17. The van der Waals surface area contributed by atoms with Gasteiger partial charge in [-0.15, -0.1) is 0 Å². The molecule has 2 rings (SSSR count). The highest BCUT2D eigenvalue weighted by Crippen LogP contribution is 2.27. The lowest BCUT2D eigenvalue weighted by atomic mass is 10.1. The van der Waals surface area contributed by atoms with Crippen LogP contribution in [0.2, 0.25) is 0 Å². The number of nitrogens with zero attached hydrogens (tertiary/aromatic N) is 2. The second-order valence-electron chi connectivity index (χ2n) is 4.70. The topological polar surface area (TPSA) is 29.9 Å². The van der Waals surface area contributed by atoms with Gasteiger partial charge in [-0.1, -0.05) is 15.9 Å². The smallest absolute Gasteiger partial charge is 0.147 e. The fourth-order valence-corrected chi connectivity index (χ4v) is 2.66.